The number of amides is 1. The number of carbonyl (C=O) groups is 1. The SMILES string of the molecule is CN=C(NCCc1ccc(OCC(=O)NC2CC2)cc1)NC1CN(C(C)C)CC1C. The van der Waals surface area contributed by atoms with Crippen molar-refractivity contribution in [2.24, 2.45) is 10.9 Å². The zero-order valence-electron chi connectivity index (χ0n) is 18.8. The van der Waals surface area contributed by atoms with Gasteiger partial charge in [-0.05, 0) is 56.7 Å². The van der Waals surface area contributed by atoms with Gasteiger partial charge in [0, 0.05) is 44.8 Å². The summed E-state index contributed by atoms with van der Waals surface area (Å²) in [5.74, 6) is 2.14. The Bertz CT molecular complexity index is 715. The summed E-state index contributed by atoms with van der Waals surface area (Å²) < 4.78 is 5.56. The van der Waals surface area contributed by atoms with Crippen molar-refractivity contribution in [2.75, 3.05) is 33.3 Å². The smallest absolute Gasteiger partial charge is 0.258 e. The second-order valence-corrected chi connectivity index (χ2v) is 8.80. The number of aliphatic imine (C=N–C) groups is 1. The molecule has 1 aliphatic carbocycles. The molecule has 1 aliphatic heterocycles. The lowest BCUT2D eigenvalue weighted by atomic mass is 10.1. The molecule has 7 nitrogen and oxygen atoms in total. The van der Waals surface area contributed by atoms with Crippen molar-refractivity contribution in [3.8, 4) is 5.75 Å². The first-order valence-corrected chi connectivity index (χ1v) is 11.2. The van der Waals surface area contributed by atoms with Crippen LogP contribution in [0.3, 0.4) is 0 Å². The Morgan fingerprint density at radius 1 is 1.20 bits per heavy atom. The van der Waals surface area contributed by atoms with E-state index in [1.807, 2.05) is 31.3 Å². The summed E-state index contributed by atoms with van der Waals surface area (Å²) in [4.78, 5) is 18.6. The predicted octanol–water partition coefficient (Wildman–Crippen LogP) is 1.78. The molecule has 0 radical (unpaired) electrons. The van der Waals surface area contributed by atoms with E-state index in [0.29, 0.717) is 24.0 Å². The van der Waals surface area contributed by atoms with Gasteiger partial charge in [0.05, 0.1) is 0 Å². The molecule has 166 valence electrons. The zero-order chi connectivity index (χ0) is 21.5. The van der Waals surface area contributed by atoms with E-state index in [2.05, 4.69) is 46.6 Å². The third-order valence-electron chi connectivity index (χ3n) is 5.86. The van der Waals surface area contributed by atoms with Gasteiger partial charge in [-0.3, -0.25) is 14.7 Å². The topological polar surface area (TPSA) is 78.0 Å². The molecule has 0 bridgehead atoms. The highest BCUT2D eigenvalue weighted by Gasteiger charge is 2.31. The molecule has 0 aromatic heterocycles. The fraction of sp³-hybridized carbons (Fsp3) is 0.652. The van der Waals surface area contributed by atoms with Gasteiger partial charge in [-0.25, -0.2) is 0 Å². The number of guanidine groups is 1. The highest BCUT2D eigenvalue weighted by atomic mass is 16.5. The van der Waals surface area contributed by atoms with Gasteiger partial charge in [0.25, 0.3) is 5.91 Å². The van der Waals surface area contributed by atoms with Gasteiger partial charge in [-0.1, -0.05) is 19.1 Å². The molecule has 2 fully saturated rings. The molecule has 1 saturated carbocycles. The Balaban J connectivity index is 1.36. The number of hydrogen-bond acceptors (Lipinski definition) is 4. The van der Waals surface area contributed by atoms with E-state index in [1.54, 1.807) is 0 Å². The molecule has 1 aromatic rings. The second-order valence-electron chi connectivity index (χ2n) is 8.80. The highest BCUT2D eigenvalue weighted by Crippen LogP contribution is 2.19. The van der Waals surface area contributed by atoms with Crippen LogP contribution in [0.1, 0.15) is 39.2 Å². The molecule has 2 aliphatic rings. The van der Waals surface area contributed by atoms with Crippen LogP contribution in [0.2, 0.25) is 0 Å². The molecule has 3 N–H and O–H groups in total. The van der Waals surface area contributed by atoms with Crippen LogP contribution in [0.5, 0.6) is 5.75 Å². The zero-order valence-corrected chi connectivity index (χ0v) is 18.8. The molecule has 1 aromatic carbocycles. The largest absolute Gasteiger partial charge is 0.484 e. The van der Waals surface area contributed by atoms with Crippen molar-refractivity contribution < 1.29 is 9.53 Å². The molecular formula is C23H37N5O2. The van der Waals surface area contributed by atoms with Gasteiger partial charge in [0.1, 0.15) is 5.75 Å². The van der Waals surface area contributed by atoms with Gasteiger partial charge in [0.2, 0.25) is 0 Å². The lowest BCUT2D eigenvalue weighted by molar-refractivity contribution is -0.123. The number of ether oxygens (including phenoxy) is 1. The van der Waals surface area contributed by atoms with Gasteiger partial charge in [0.15, 0.2) is 12.6 Å². The third kappa shape index (κ3) is 6.90. The second kappa shape index (κ2) is 10.7. The maximum atomic E-state index is 11.7. The number of nitrogens with one attached hydrogen (secondary N) is 3. The van der Waals surface area contributed by atoms with Crippen LogP contribution in [0.15, 0.2) is 29.3 Å². The summed E-state index contributed by atoms with van der Waals surface area (Å²) in [7, 11) is 1.82. The van der Waals surface area contributed by atoms with E-state index in [-0.39, 0.29) is 12.5 Å². The van der Waals surface area contributed by atoms with Crippen molar-refractivity contribution >= 4 is 11.9 Å². The number of carbonyl (C=O) groups excluding carboxylic acids is 1. The molecule has 2 atom stereocenters. The molecule has 1 amide bonds. The Labute approximate surface area is 180 Å². The van der Waals surface area contributed by atoms with E-state index in [9.17, 15) is 4.79 Å². The minimum atomic E-state index is -0.0437. The van der Waals surface area contributed by atoms with E-state index in [4.69, 9.17) is 4.74 Å². The number of rotatable bonds is 9. The number of benzene rings is 1. The van der Waals surface area contributed by atoms with Gasteiger partial charge < -0.3 is 20.7 Å². The van der Waals surface area contributed by atoms with Gasteiger partial charge in [-0.15, -0.1) is 0 Å². The number of likely N-dealkylation sites (tertiary alicyclic amines) is 1. The van der Waals surface area contributed by atoms with Crippen LogP contribution in [-0.2, 0) is 11.2 Å². The standard InChI is InChI=1S/C23H37N5O2/c1-16(2)28-13-17(3)21(14-28)27-23(24-4)25-12-11-18-5-9-20(10-6-18)30-15-22(29)26-19-7-8-19/h5-6,9-10,16-17,19,21H,7-8,11-15H2,1-4H3,(H,26,29)(H2,24,25,27). The minimum Gasteiger partial charge on any atom is -0.484 e. The van der Waals surface area contributed by atoms with Crippen LogP contribution in [0.25, 0.3) is 0 Å². The lowest BCUT2D eigenvalue weighted by Crippen LogP contribution is -2.47. The van der Waals surface area contributed by atoms with Crippen LogP contribution in [0.4, 0.5) is 0 Å². The van der Waals surface area contributed by atoms with Crippen LogP contribution < -0.4 is 20.7 Å². The van der Waals surface area contributed by atoms with Crippen molar-refractivity contribution in [3.63, 3.8) is 0 Å². The van der Waals surface area contributed by atoms with Crippen molar-refractivity contribution in [2.45, 2.75) is 58.2 Å². The maximum Gasteiger partial charge on any atom is 0.258 e. The Hall–Kier alpha value is -2.28. The highest BCUT2D eigenvalue weighted by molar-refractivity contribution is 5.80. The number of nitrogens with zero attached hydrogens (tertiary/aromatic N) is 2. The van der Waals surface area contributed by atoms with E-state index >= 15 is 0 Å². The summed E-state index contributed by atoms with van der Waals surface area (Å²) in [6.07, 6.45) is 3.07. The Morgan fingerprint density at radius 2 is 1.93 bits per heavy atom. The molecular weight excluding hydrogens is 378 g/mol. The fourth-order valence-corrected chi connectivity index (χ4v) is 3.71. The molecule has 0 spiro atoms. The van der Waals surface area contributed by atoms with Crippen LogP contribution in [-0.4, -0.2) is 68.2 Å². The molecule has 1 saturated heterocycles. The van der Waals surface area contributed by atoms with E-state index < -0.39 is 0 Å². The van der Waals surface area contributed by atoms with Crippen molar-refractivity contribution in [3.05, 3.63) is 29.8 Å². The normalized spacial score (nSPS) is 22.2. The first-order chi connectivity index (χ1) is 14.4. The average Bonchev–Trinajstić information content (AvgIpc) is 3.46. The number of hydrogen-bond donors (Lipinski definition) is 3. The quantitative estimate of drug-likeness (QED) is 0.423. The Morgan fingerprint density at radius 3 is 2.53 bits per heavy atom. The van der Waals surface area contributed by atoms with E-state index in [0.717, 1.165) is 50.6 Å². The van der Waals surface area contributed by atoms with Crippen LogP contribution >= 0.6 is 0 Å². The molecule has 30 heavy (non-hydrogen) atoms. The fourth-order valence-electron chi connectivity index (χ4n) is 3.71. The monoisotopic (exact) mass is 415 g/mol. The average molecular weight is 416 g/mol. The van der Waals surface area contributed by atoms with E-state index in [1.165, 1.54) is 5.56 Å². The minimum absolute atomic E-state index is 0.0437. The first kappa shape index (κ1) is 22.4. The lowest BCUT2D eigenvalue weighted by Gasteiger charge is -2.22. The molecule has 7 heteroatoms. The van der Waals surface area contributed by atoms with Gasteiger partial charge in [-0.2, -0.15) is 0 Å². The summed E-state index contributed by atoms with van der Waals surface area (Å²) in [6.45, 7) is 9.87. The summed E-state index contributed by atoms with van der Waals surface area (Å²) in [5, 5.41) is 9.93. The maximum absolute atomic E-state index is 11.7. The molecule has 1 heterocycles. The first-order valence-electron chi connectivity index (χ1n) is 11.2. The predicted molar refractivity (Wildman–Crippen MR) is 121 cm³/mol. The molecule has 3 rings (SSSR count). The summed E-state index contributed by atoms with van der Waals surface area (Å²) >= 11 is 0. The van der Waals surface area contributed by atoms with Gasteiger partial charge >= 0.3 is 0 Å². The molecule has 2 unspecified atom stereocenters. The third-order valence-corrected chi connectivity index (χ3v) is 5.86. The summed E-state index contributed by atoms with van der Waals surface area (Å²) in [5.41, 5.74) is 1.22. The summed E-state index contributed by atoms with van der Waals surface area (Å²) in [6, 6.07) is 9.31. The van der Waals surface area contributed by atoms with Crippen LogP contribution in [0, 0.1) is 5.92 Å². The Kier molecular flexibility index (Phi) is 7.96. The van der Waals surface area contributed by atoms with Crippen molar-refractivity contribution in [1.82, 2.24) is 20.9 Å². The van der Waals surface area contributed by atoms with Crippen molar-refractivity contribution in [1.29, 1.82) is 0 Å².